The molecule has 0 fully saturated rings. The molecule has 0 aliphatic carbocycles. The van der Waals surface area contributed by atoms with E-state index < -0.39 is 0 Å². The maximum Gasteiger partial charge on any atom is 0.219 e. The van der Waals surface area contributed by atoms with Crippen LogP contribution in [0, 0.1) is 0 Å². The second-order valence-corrected chi connectivity index (χ2v) is 10.3. The molecule has 0 bridgehead atoms. The lowest BCUT2D eigenvalue weighted by molar-refractivity contribution is -0.903. The fraction of sp³-hybridized carbons (Fsp3) is 0.700. The highest BCUT2D eigenvalue weighted by Gasteiger charge is 2.15. The van der Waals surface area contributed by atoms with E-state index in [1.165, 1.54) is 82.6 Å². The highest BCUT2D eigenvalue weighted by atomic mass is 16.1. The van der Waals surface area contributed by atoms with Gasteiger partial charge >= 0.3 is 0 Å². The van der Waals surface area contributed by atoms with Gasteiger partial charge < -0.3 is 9.80 Å². The first-order valence-corrected chi connectivity index (χ1v) is 13.8. The van der Waals surface area contributed by atoms with Crippen molar-refractivity contribution in [2.45, 2.75) is 110 Å². The summed E-state index contributed by atoms with van der Waals surface area (Å²) in [6, 6.07) is 10.6. The molecule has 33 heavy (non-hydrogen) atoms. The van der Waals surface area contributed by atoms with Crippen LogP contribution in [0.2, 0.25) is 0 Å². The Morgan fingerprint density at radius 1 is 0.788 bits per heavy atom. The minimum atomic E-state index is 0.223. The molecule has 0 unspecified atom stereocenters. The van der Waals surface area contributed by atoms with Gasteiger partial charge in [-0.15, -0.1) is 0 Å². The lowest BCUT2D eigenvalue weighted by Crippen LogP contribution is -2.41. The monoisotopic (exact) mass is 457 g/mol. The molecule has 1 aromatic carbocycles. The first kappa shape index (κ1) is 29.4. The van der Waals surface area contributed by atoms with Gasteiger partial charge in [-0.2, -0.15) is 0 Å². The lowest BCUT2D eigenvalue weighted by Gasteiger charge is -2.30. The number of allylic oxidation sites excluding steroid dienone is 2. The van der Waals surface area contributed by atoms with Crippen LogP contribution in [0.15, 0.2) is 42.5 Å². The fourth-order valence-corrected chi connectivity index (χ4v) is 4.34. The molecule has 188 valence electrons. The van der Waals surface area contributed by atoms with Gasteiger partial charge in [0.1, 0.15) is 6.54 Å². The Morgan fingerprint density at radius 3 is 2.00 bits per heavy atom. The van der Waals surface area contributed by atoms with Gasteiger partial charge in [0.2, 0.25) is 5.91 Å². The number of amides is 1. The molecule has 3 heteroatoms. The normalized spacial score (nSPS) is 11.8. The van der Waals surface area contributed by atoms with Gasteiger partial charge in [-0.05, 0) is 32.1 Å². The average molecular weight is 458 g/mol. The summed E-state index contributed by atoms with van der Waals surface area (Å²) >= 11 is 0. The zero-order valence-corrected chi connectivity index (χ0v) is 22.1. The molecule has 0 aliphatic heterocycles. The van der Waals surface area contributed by atoms with Crippen molar-refractivity contribution in [1.82, 2.24) is 5.32 Å². The Morgan fingerprint density at radius 2 is 1.36 bits per heavy atom. The predicted molar refractivity (Wildman–Crippen MR) is 144 cm³/mol. The molecule has 3 nitrogen and oxygen atoms in total. The van der Waals surface area contributed by atoms with E-state index in [4.69, 9.17) is 0 Å². The number of carbonyl (C=O) groups is 1. The fourth-order valence-electron chi connectivity index (χ4n) is 4.34. The lowest BCUT2D eigenvalue weighted by atomic mass is 10.1. The summed E-state index contributed by atoms with van der Waals surface area (Å²) in [4.78, 5) is 12.1. The van der Waals surface area contributed by atoms with Crippen LogP contribution in [0.1, 0.15) is 109 Å². The number of unbranched alkanes of at least 4 members (excludes halogenated alkanes) is 11. The van der Waals surface area contributed by atoms with Crippen molar-refractivity contribution in [3.63, 3.8) is 0 Å². The molecule has 0 heterocycles. The third-order valence-electron chi connectivity index (χ3n) is 6.38. The molecule has 1 N–H and O–H groups in total. The Balaban J connectivity index is 1.88. The van der Waals surface area contributed by atoms with Crippen molar-refractivity contribution in [3.8, 4) is 0 Å². The molecule has 1 rings (SSSR count). The van der Waals surface area contributed by atoms with Gasteiger partial charge in [-0.3, -0.25) is 4.79 Å². The number of nitrogens with one attached hydrogen (secondary N) is 1. The SMILES string of the molecule is CCCCCCCCC=CCCCCCCCC(=O)NCCC[N+](C)(C)Cc1ccccc1. The second-order valence-electron chi connectivity index (χ2n) is 10.3. The van der Waals surface area contributed by atoms with Crippen LogP contribution in [0.5, 0.6) is 0 Å². The topological polar surface area (TPSA) is 29.1 Å². The van der Waals surface area contributed by atoms with Crippen LogP contribution in [0.3, 0.4) is 0 Å². The maximum absolute atomic E-state index is 12.1. The quantitative estimate of drug-likeness (QED) is 0.114. The number of quaternary nitrogens is 1. The minimum Gasteiger partial charge on any atom is -0.356 e. The number of nitrogens with zero attached hydrogens (tertiary/aromatic N) is 1. The molecule has 0 saturated heterocycles. The summed E-state index contributed by atoms with van der Waals surface area (Å²) < 4.78 is 0.952. The van der Waals surface area contributed by atoms with Crippen molar-refractivity contribution in [1.29, 1.82) is 0 Å². The molecule has 0 aromatic heterocycles. The molecule has 1 amide bonds. The third kappa shape index (κ3) is 18.5. The van der Waals surface area contributed by atoms with Crippen LogP contribution >= 0.6 is 0 Å². The molecule has 0 atom stereocenters. The van der Waals surface area contributed by atoms with E-state index in [9.17, 15) is 4.79 Å². The first-order valence-electron chi connectivity index (χ1n) is 13.8. The summed E-state index contributed by atoms with van der Waals surface area (Å²) in [5.41, 5.74) is 1.37. The second kappa shape index (κ2) is 19.8. The molecular weight excluding hydrogens is 404 g/mol. The van der Waals surface area contributed by atoms with Crippen LogP contribution < -0.4 is 5.32 Å². The van der Waals surface area contributed by atoms with Gasteiger partial charge in [0.25, 0.3) is 0 Å². The first-order chi connectivity index (χ1) is 16.0. The van der Waals surface area contributed by atoms with E-state index in [0.717, 1.165) is 37.0 Å². The van der Waals surface area contributed by atoms with E-state index in [2.05, 4.69) is 68.8 Å². The van der Waals surface area contributed by atoms with Crippen LogP contribution in [-0.2, 0) is 11.3 Å². The summed E-state index contributed by atoms with van der Waals surface area (Å²) in [5.74, 6) is 0.223. The Kier molecular flexibility index (Phi) is 17.7. The summed E-state index contributed by atoms with van der Waals surface area (Å²) in [7, 11) is 4.53. The zero-order valence-electron chi connectivity index (χ0n) is 22.1. The molecule has 0 spiro atoms. The average Bonchev–Trinajstić information content (AvgIpc) is 2.79. The van der Waals surface area contributed by atoms with Crippen molar-refractivity contribution in [2.75, 3.05) is 27.2 Å². The molecule has 1 aromatic rings. The number of carbonyl (C=O) groups excluding carboxylic acids is 1. The van der Waals surface area contributed by atoms with Crippen LogP contribution in [0.25, 0.3) is 0 Å². The van der Waals surface area contributed by atoms with Gasteiger partial charge in [-0.25, -0.2) is 0 Å². The van der Waals surface area contributed by atoms with Gasteiger partial charge in [-0.1, -0.05) is 101 Å². The van der Waals surface area contributed by atoms with Crippen molar-refractivity contribution in [3.05, 3.63) is 48.0 Å². The van der Waals surface area contributed by atoms with E-state index in [1.54, 1.807) is 0 Å². The van der Waals surface area contributed by atoms with E-state index >= 15 is 0 Å². The van der Waals surface area contributed by atoms with Crippen LogP contribution in [0.4, 0.5) is 0 Å². The van der Waals surface area contributed by atoms with Gasteiger partial charge in [0.15, 0.2) is 0 Å². The molecule has 0 saturated carbocycles. The number of rotatable bonds is 21. The zero-order chi connectivity index (χ0) is 24.0. The van der Waals surface area contributed by atoms with E-state index in [-0.39, 0.29) is 5.91 Å². The van der Waals surface area contributed by atoms with Crippen molar-refractivity contribution < 1.29 is 9.28 Å². The van der Waals surface area contributed by atoms with Crippen molar-refractivity contribution >= 4 is 5.91 Å². The van der Waals surface area contributed by atoms with Gasteiger partial charge in [0, 0.05) is 24.9 Å². The summed E-state index contributed by atoms with van der Waals surface area (Å²) in [5, 5.41) is 3.11. The van der Waals surface area contributed by atoms with Crippen molar-refractivity contribution in [2.24, 2.45) is 0 Å². The van der Waals surface area contributed by atoms with E-state index in [1.807, 2.05) is 0 Å². The number of benzene rings is 1. The largest absolute Gasteiger partial charge is 0.356 e. The summed E-state index contributed by atoms with van der Waals surface area (Å²) in [6.07, 6.45) is 23.3. The third-order valence-corrected chi connectivity index (χ3v) is 6.38. The smallest absolute Gasteiger partial charge is 0.219 e. The Bertz CT molecular complexity index is 609. The van der Waals surface area contributed by atoms with Crippen LogP contribution in [-0.4, -0.2) is 37.6 Å². The Hall–Kier alpha value is -1.61. The highest BCUT2D eigenvalue weighted by molar-refractivity contribution is 5.75. The predicted octanol–water partition coefficient (Wildman–Crippen LogP) is 7.81. The molecule has 0 radical (unpaired) electrons. The molecular formula is C30H53N2O+. The Labute approximate surface area is 205 Å². The number of hydrogen-bond donors (Lipinski definition) is 1. The highest BCUT2D eigenvalue weighted by Crippen LogP contribution is 2.11. The standard InChI is InChI=1S/C30H52N2O/c1-4-5-6-7-8-9-10-11-12-13-14-15-16-17-21-25-30(33)31-26-22-27-32(2,3)28-29-23-19-18-20-24-29/h11-12,18-20,23-24H,4-10,13-17,21-22,25-28H2,1-3H3/p+1. The minimum absolute atomic E-state index is 0.223. The summed E-state index contributed by atoms with van der Waals surface area (Å²) in [6.45, 7) is 5.17. The van der Waals surface area contributed by atoms with Gasteiger partial charge in [0.05, 0.1) is 20.6 Å². The van der Waals surface area contributed by atoms with E-state index in [0.29, 0.717) is 6.42 Å². The number of hydrogen-bond acceptors (Lipinski definition) is 1. The molecule has 0 aliphatic rings. The maximum atomic E-state index is 12.1.